The molecule has 1 aliphatic rings. The third-order valence-electron chi connectivity index (χ3n) is 4.92. The maximum Gasteiger partial charge on any atom is 0.326 e. The van der Waals surface area contributed by atoms with Crippen LogP contribution in [0.4, 0.5) is 0 Å². The van der Waals surface area contributed by atoms with E-state index in [9.17, 15) is 24.3 Å². The van der Waals surface area contributed by atoms with Crippen LogP contribution in [0.3, 0.4) is 0 Å². The fraction of sp³-hybridized carbons (Fsp3) is 0.273. The van der Waals surface area contributed by atoms with Crippen LogP contribution in [-0.4, -0.2) is 46.9 Å². The van der Waals surface area contributed by atoms with Crippen molar-refractivity contribution in [2.24, 2.45) is 0 Å². The first-order chi connectivity index (χ1) is 14.8. The van der Waals surface area contributed by atoms with E-state index in [0.29, 0.717) is 6.42 Å². The first-order valence-corrected chi connectivity index (χ1v) is 10.8. The fourth-order valence-electron chi connectivity index (χ4n) is 3.31. The molecule has 1 saturated heterocycles. The lowest BCUT2D eigenvalue weighted by Gasteiger charge is -2.29. The molecule has 0 saturated carbocycles. The molecule has 0 radical (unpaired) electrons. The van der Waals surface area contributed by atoms with Gasteiger partial charge in [0.15, 0.2) is 0 Å². The van der Waals surface area contributed by atoms with Crippen LogP contribution in [0.25, 0.3) is 0 Å². The minimum Gasteiger partial charge on any atom is -0.480 e. The first-order valence-electron chi connectivity index (χ1n) is 9.73. The normalized spacial score (nSPS) is 19.1. The van der Waals surface area contributed by atoms with Crippen LogP contribution in [0, 0.1) is 3.57 Å². The SMILES string of the molecule is O=C(C[C@@H]1NC(=O)[C@H](Cc2ccccc2)NC1=O)N[C@@H](Cc1ccc(I)cc1)C(=O)O. The van der Waals surface area contributed by atoms with Crippen molar-refractivity contribution in [2.75, 3.05) is 0 Å². The predicted molar refractivity (Wildman–Crippen MR) is 121 cm³/mol. The molecule has 1 aliphatic heterocycles. The molecule has 162 valence electrons. The van der Waals surface area contributed by atoms with Crippen molar-refractivity contribution in [3.63, 3.8) is 0 Å². The number of halogens is 1. The molecular formula is C22H22IN3O5. The predicted octanol–water partition coefficient (Wildman–Crippen LogP) is 1.02. The highest BCUT2D eigenvalue weighted by atomic mass is 127. The molecule has 8 nitrogen and oxygen atoms in total. The summed E-state index contributed by atoms with van der Waals surface area (Å²) in [6.45, 7) is 0. The smallest absolute Gasteiger partial charge is 0.326 e. The second-order valence-corrected chi connectivity index (χ2v) is 8.55. The van der Waals surface area contributed by atoms with Gasteiger partial charge in [-0.1, -0.05) is 42.5 Å². The Morgan fingerprint density at radius 3 is 2.19 bits per heavy atom. The lowest BCUT2D eigenvalue weighted by molar-refractivity contribution is -0.142. The number of nitrogens with one attached hydrogen (secondary N) is 3. The van der Waals surface area contributed by atoms with Gasteiger partial charge in [-0.25, -0.2) is 4.79 Å². The Morgan fingerprint density at radius 2 is 1.55 bits per heavy atom. The van der Waals surface area contributed by atoms with Crippen LogP contribution in [-0.2, 0) is 32.0 Å². The van der Waals surface area contributed by atoms with Gasteiger partial charge in [0.2, 0.25) is 17.7 Å². The second-order valence-electron chi connectivity index (χ2n) is 7.31. The molecule has 1 fully saturated rings. The third-order valence-corrected chi connectivity index (χ3v) is 5.64. The number of carbonyl (C=O) groups excluding carboxylic acids is 3. The molecule has 31 heavy (non-hydrogen) atoms. The summed E-state index contributed by atoms with van der Waals surface area (Å²) in [6.07, 6.45) is 0.112. The van der Waals surface area contributed by atoms with Crippen LogP contribution in [0.1, 0.15) is 17.5 Å². The van der Waals surface area contributed by atoms with Gasteiger partial charge in [-0.15, -0.1) is 0 Å². The van der Waals surface area contributed by atoms with E-state index in [-0.39, 0.29) is 18.7 Å². The highest BCUT2D eigenvalue weighted by Crippen LogP contribution is 2.11. The highest BCUT2D eigenvalue weighted by molar-refractivity contribution is 14.1. The molecule has 4 N–H and O–H groups in total. The van der Waals surface area contributed by atoms with Crippen molar-refractivity contribution in [2.45, 2.75) is 37.4 Å². The van der Waals surface area contributed by atoms with Gasteiger partial charge in [0, 0.05) is 16.4 Å². The fourth-order valence-corrected chi connectivity index (χ4v) is 3.67. The van der Waals surface area contributed by atoms with Crippen molar-refractivity contribution in [3.8, 4) is 0 Å². The average molecular weight is 535 g/mol. The molecule has 3 amide bonds. The Morgan fingerprint density at radius 1 is 0.935 bits per heavy atom. The molecule has 3 atom stereocenters. The van der Waals surface area contributed by atoms with E-state index in [0.717, 1.165) is 14.7 Å². The van der Waals surface area contributed by atoms with Crippen molar-refractivity contribution < 1.29 is 24.3 Å². The number of rotatable bonds is 8. The van der Waals surface area contributed by atoms with Gasteiger partial charge in [-0.2, -0.15) is 0 Å². The van der Waals surface area contributed by atoms with Gasteiger partial charge in [0.25, 0.3) is 0 Å². The quantitative estimate of drug-likeness (QED) is 0.376. The zero-order valence-corrected chi connectivity index (χ0v) is 18.7. The van der Waals surface area contributed by atoms with Gasteiger partial charge in [0.1, 0.15) is 18.1 Å². The Labute approximate surface area is 192 Å². The lowest BCUT2D eigenvalue weighted by Crippen LogP contribution is -2.63. The van der Waals surface area contributed by atoms with E-state index < -0.39 is 35.9 Å². The van der Waals surface area contributed by atoms with E-state index in [1.165, 1.54) is 0 Å². The standard InChI is InChI=1S/C22H22IN3O5/c23-15-8-6-14(7-9-15)11-18(22(30)31)24-19(27)12-17-21(29)25-16(20(28)26-17)10-13-4-2-1-3-5-13/h1-9,16-18H,10-12H2,(H,24,27)(H,25,29)(H,26,28)(H,30,31)/t16-,17-,18-/m0/s1. The largest absolute Gasteiger partial charge is 0.480 e. The van der Waals surface area contributed by atoms with Crippen molar-refractivity contribution in [3.05, 3.63) is 69.3 Å². The van der Waals surface area contributed by atoms with E-state index >= 15 is 0 Å². The summed E-state index contributed by atoms with van der Waals surface area (Å²) in [5, 5.41) is 17.1. The Hall–Kier alpha value is -2.95. The number of amides is 3. The molecule has 0 aliphatic carbocycles. The minimum atomic E-state index is -1.17. The molecular weight excluding hydrogens is 513 g/mol. The van der Waals surface area contributed by atoms with Gasteiger partial charge < -0.3 is 21.1 Å². The topological polar surface area (TPSA) is 125 Å². The van der Waals surface area contributed by atoms with E-state index in [2.05, 4.69) is 38.5 Å². The van der Waals surface area contributed by atoms with Crippen LogP contribution >= 0.6 is 22.6 Å². The minimum absolute atomic E-state index is 0.111. The molecule has 3 rings (SSSR count). The zero-order chi connectivity index (χ0) is 22.4. The van der Waals surface area contributed by atoms with Gasteiger partial charge in [-0.3, -0.25) is 14.4 Å². The maximum absolute atomic E-state index is 12.4. The van der Waals surface area contributed by atoms with Gasteiger partial charge in [0.05, 0.1) is 6.42 Å². The summed E-state index contributed by atoms with van der Waals surface area (Å²) in [5.41, 5.74) is 1.67. The van der Waals surface area contributed by atoms with Crippen LogP contribution in [0.15, 0.2) is 54.6 Å². The molecule has 2 aromatic carbocycles. The summed E-state index contributed by atoms with van der Waals surface area (Å²) in [5.74, 6) is -2.65. The number of benzene rings is 2. The molecule has 0 spiro atoms. The van der Waals surface area contributed by atoms with E-state index in [1.54, 1.807) is 12.1 Å². The molecule has 0 bridgehead atoms. The molecule has 0 aromatic heterocycles. The maximum atomic E-state index is 12.4. The molecule has 1 heterocycles. The Kier molecular flexibility index (Phi) is 7.61. The van der Waals surface area contributed by atoms with Crippen molar-refractivity contribution in [1.29, 1.82) is 0 Å². The lowest BCUT2D eigenvalue weighted by atomic mass is 10.0. The molecule has 0 unspecified atom stereocenters. The van der Waals surface area contributed by atoms with Crippen molar-refractivity contribution >= 4 is 46.3 Å². The Balaban J connectivity index is 1.55. The Bertz CT molecular complexity index is 965. The van der Waals surface area contributed by atoms with Crippen molar-refractivity contribution in [1.82, 2.24) is 16.0 Å². The van der Waals surface area contributed by atoms with Crippen LogP contribution in [0.2, 0.25) is 0 Å². The number of hydrogen-bond acceptors (Lipinski definition) is 4. The monoisotopic (exact) mass is 535 g/mol. The number of carboxylic acid groups (broad SMARTS) is 1. The zero-order valence-electron chi connectivity index (χ0n) is 16.5. The van der Waals surface area contributed by atoms with Gasteiger partial charge >= 0.3 is 5.97 Å². The summed E-state index contributed by atoms with van der Waals surface area (Å²) >= 11 is 2.15. The second kappa shape index (κ2) is 10.4. The van der Waals surface area contributed by atoms with E-state index in [4.69, 9.17) is 0 Å². The summed E-state index contributed by atoms with van der Waals surface area (Å²) in [4.78, 5) is 48.7. The number of piperazine rings is 1. The summed E-state index contributed by atoms with van der Waals surface area (Å²) in [6, 6.07) is 13.7. The highest BCUT2D eigenvalue weighted by Gasteiger charge is 2.35. The number of aliphatic carboxylic acids is 1. The third kappa shape index (κ3) is 6.51. The molecule has 2 aromatic rings. The summed E-state index contributed by atoms with van der Waals surface area (Å²) < 4.78 is 1.02. The van der Waals surface area contributed by atoms with Gasteiger partial charge in [-0.05, 0) is 45.9 Å². The van der Waals surface area contributed by atoms with E-state index in [1.807, 2.05) is 42.5 Å². The molecule has 9 heteroatoms. The van der Waals surface area contributed by atoms with Crippen LogP contribution in [0.5, 0.6) is 0 Å². The number of carboxylic acids is 1. The number of carbonyl (C=O) groups is 4. The number of hydrogen-bond donors (Lipinski definition) is 4. The van der Waals surface area contributed by atoms with Crippen LogP contribution < -0.4 is 16.0 Å². The summed E-state index contributed by atoms with van der Waals surface area (Å²) in [7, 11) is 0. The average Bonchev–Trinajstić information content (AvgIpc) is 2.73. The first kappa shape index (κ1) is 22.7.